The van der Waals surface area contributed by atoms with Crippen molar-refractivity contribution in [3.05, 3.63) is 26.6 Å². The third-order valence-electron chi connectivity index (χ3n) is 3.38. The van der Waals surface area contributed by atoms with E-state index in [2.05, 4.69) is 37.2 Å². The minimum atomic E-state index is 0.237. The van der Waals surface area contributed by atoms with Crippen LogP contribution in [0, 0.1) is 0 Å². The van der Waals surface area contributed by atoms with Gasteiger partial charge in [-0.2, -0.15) is 0 Å². The van der Waals surface area contributed by atoms with Gasteiger partial charge in [0.15, 0.2) is 0 Å². The van der Waals surface area contributed by atoms with Crippen LogP contribution in [0.4, 0.5) is 0 Å². The third-order valence-corrected chi connectivity index (χ3v) is 4.58. The second-order valence-electron chi connectivity index (χ2n) is 5.15. The van der Waals surface area contributed by atoms with Crippen LogP contribution in [0.1, 0.15) is 24.8 Å². The van der Waals surface area contributed by atoms with Crippen molar-refractivity contribution >= 4 is 31.9 Å². The Balaban J connectivity index is 1.55. The molecule has 0 radical (unpaired) electrons. The van der Waals surface area contributed by atoms with Gasteiger partial charge in [0.1, 0.15) is 5.75 Å². The largest absolute Gasteiger partial charge is 0.506 e. The van der Waals surface area contributed by atoms with Crippen LogP contribution in [0.2, 0.25) is 0 Å². The van der Waals surface area contributed by atoms with E-state index in [1.165, 1.54) is 0 Å². The average Bonchev–Trinajstić information content (AvgIpc) is 2.97. The number of aromatic hydroxyl groups is 1. The summed E-state index contributed by atoms with van der Waals surface area (Å²) in [6.07, 6.45) is 3.58. The van der Waals surface area contributed by atoms with E-state index in [9.17, 15) is 5.11 Å². The van der Waals surface area contributed by atoms with Crippen LogP contribution in [0.25, 0.3) is 0 Å². The van der Waals surface area contributed by atoms with Crippen molar-refractivity contribution in [1.29, 1.82) is 0 Å². The second-order valence-corrected chi connectivity index (χ2v) is 6.86. The van der Waals surface area contributed by atoms with Crippen LogP contribution in [0.5, 0.6) is 5.75 Å². The van der Waals surface area contributed by atoms with Gasteiger partial charge in [0.05, 0.1) is 21.7 Å². The number of phenols is 1. The molecule has 1 heterocycles. The summed E-state index contributed by atoms with van der Waals surface area (Å²) in [4.78, 5) is 0. The molecule has 1 aromatic carbocycles. The van der Waals surface area contributed by atoms with Gasteiger partial charge in [0.2, 0.25) is 0 Å². The average molecular weight is 423 g/mol. The van der Waals surface area contributed by atoms with Gasteiger partial charge in [0, 0.05) is 19.8 Å². The van der Waals surface area contributed by atoms with E-state index in [0.29, 0.717) is 15.0 Å². The lowest BCUT2D eigenvalue weighted by Crippen LogP contribution is -2.19. The summed E-state index contributed by atoms with van der Waals surface area (Å²) < 4.78 is 12.5. The standard InChI is InChI=1S/C15H21Br2NO3/c16-13-7-11(8-14(17)15(13)19)9-18-4-2-5-20-10-12-3-1-6-21-12/h7-8,12,18-19H,1-6,9-10H2. The summed E-state index contributed by atoms with van der Waals surface area (Å²) in [6, 6.07) is 3.84. The minimum Gasteiger partial charge on any atom is -0.506 e. The van der Waals surface area contributed by atoms with Crippen molar-refractivity contribution in [2.24, 2.45) is 0 Å². The molecular formula is C15H21Br2NO3. The van der Waals surface area contributed by atoms with Crippen LogP contribution in [0.3, 0.4) is 0 Å². The van der Waals surface area contributed by atoms with Crippen molar-refractivity contribution in [1.82, 2.24) is 5.32 Å². The molecule has 1 saturated heterocycles. The molecule has 2 N–H and O–H groups in total. The fraction of sp³-hybridized carbons (Fsp3) is 0.600. The van der Waals surface area contributed by atoms with Crippen molar-refractivity contribution < 1.29 is 14.6 Å². The lowest BCUT2D eigenvalue weighted by atomic mass is 10.2. The summed E-state index contributed by atoms with van der Waals surface area (Å²) in [6.45, 7) is 4.03. The molecule has 0 saturated carbocycles. The van der Waals surface area contributed by atoms with E-state index < -0.39 is 0 Å². The monoisotopic (exact) mass is 421 g/mol. The maximum absolute atomic E-state index is 9.65. The van der Waals surface area contributed by atoms with Gasteiger partial charge in [-0.15, -0.1) is 0 Å². The van der Waals surface area contributed by atoms with Gasteiger partial charge in [-0.05, 0) is 75.4 Å². The molecule has 0 aliphatic carbocycles. The normalized spacial score (nSPS) is 18.3. The van der Waals surface area contributed by atoms with Gasteiger partial charge in [-0.25, -0.2) is 0 Å². The Morgan fingerprint density at radius 2 is 2.10 bits per heavy atom. The Morgan fingerprint density at radius 3 is 2.76 bits per heavy atom. The summed E-state index contributed by atoms with van der Waals surface area (Å²) in [5, 5.41) is 13.0. The molecular weight excluding hydrogens is 402 g/mol. The fourth-order valence-electron chi connectivity index (χ4n) is 2.24. The molecule has 1 unspecified atom stereocenters. The number of halogens is 2. The number of phenolic OH excluding ortho intramolecular Hbond substituents is 1. The summed E-state index contributed by atoms with van der Waals surface area (Å²) in [5.41, 5.74) is 1.12. The highest BCUT2D eigenvalue weighted by atomic mass is 79.9. The zero-order valence-corrected chi connectivity index (χ0v) is 15.1. The van der Waals surface area contributed by atoms with E-state index in [1.54, 1.807) is 0 Å². The molecule has 21 heavy (non-hydrogen) atoms. The lowest BCUT2D eigenvalue weighted by Gasteiger charge is -2.10. The van der Waals surface area contributed by atoms with Gasteiger partial charge < -0.3 is 19.9 Å². The van der Waals surface area contributed by atoms with E-state index >= 15 is 0 Å². The van der Waals surface area contributed by atoms with Crippen molar-refractivity contribution in [2.45, 2.75) is 31.9 Å². The quantitative estimate of drug-likeness (QED) is 0.628. The first kappa shape index (κ1) is 17.2. The lowest BCUT2D eigenvalue weighted by molar-refractivity contribution is 0.0166. The molecule has 0 bridgehead atoms. The smallest absolute Gasteiger partial charge is 0.143 e. The van der Waals surface area contributed by atoms with Gasteiger partial charge in [-0.3, -0.25) is 0 Å². The first-order valence-electron chi connectivity index (χ1n) is 7.24. The minimum absolute atomic E-state index is 0.237. The van der Waals surface area contributed by atoms with Crippen LogP contribution in [-0.2, 0) is 16.0 Å². The van der Waals surface area contributed by atoms with Crippen molar-refractivity contribution in [2.75, 3.05) is 26.4 Å². The van der Waals surface area contributed by atoms with Gasteiger partial charge in [-0.1, -0.05) is 0 Å². The number of hydrogen-bond acceptors (Lipinski definition) is 4. The first-order valence-corrected chi connectivity index (χ1v) is 8.82. The Morgan fingerprint density at radius 1 is 1.33 bits per heavy atom. The highest BCUT2D eigenvalue weighted by Gasteiger charge is 2.14. The predicted octanol–water partition coefficient (Wildman–Crippen LogP) is 3.59. The van der Waals surface area contributed by atoms with Crippen molar-refractivity contribution in [3.8, 4) is 5.75 Å². The molecule has 1 aliphatic heterocycles. The van der Waals surface area contributed by atoms with Crippen LogP contribution in [0.15, 0.2) is 21.1 Å². The molecule has 2 rings (SSSR count). The van der Waals surface area contributed by atoms with E-state index in [0.717, 1.165) is 57.7 Å². The summed E-state index contributed by atoms with van der Waals surface area (Å²) >= 11 is 6.67. The van der Waals surface area contributed by atoms with Gasteiger partial charge in [0.25, 0.3) is 0 Å². The second kappa shape index (κ2) is 9.10. The fourth-order valence-corrected chi connectivity index (χ4v) is 3.52. The summed E-state index contributed by atoms with van der Waals surface area (Å²) in [7, 11) is 0. The molecule has 6 heteroatoms. The maximum atomic E-state index is 9.65. The topological polar surface area (TPSA) is 50.7 Å². The molecule has 0 spiro atoms. The molecule has 118 valence electrons. The molecule has 1 aromatic rings. The third kappa shape index (κ3) is 5.87. The SMILES string of the molecule is Oc1c(Br)cc(CNCCCOCC2CCCO2)cc1Br. The Hall–Kier alpha value is -0.140. The van der Waals surface area contributed by atoms with E-state index in [4.69, 9.17) is 9.47 Å². The number of rotatable bonds is 8. The highest BCUT2D eigenvalue weighted by Crippen LogP contribution is 2.33. The number of nitrogens with one attached hydrogen (secondary N) is 1. The first-order chi connectivity index (χ1) is 10.2. The maximum Gasteiger partial charge on any atom is 0.143 e. The Labute approximate surface area is 142 Å². The molecule has 0 aromatic heterocycles. The summed E-state index contributed by atoms with van der Waals surface area (Å²) in [5.74, 6) is 0.237. The van der Waals surface area contributed by atoms with E-state index in [1.807, 2.05) is 12.1 Å². The van der Waals surface area contributed by atoms with Crippen LogP contribution < -0.4 is 5.32 Å². The highest BCUT2D eigenvalue weighted by molar-refractivity contribution is 9.11. The van der Waals surface area contributed by atoms with E-state index in [-0.39, 0.29) is 5.75 Å². The number of ether oxygens (including phenoxy) is 2. The predicted molar refractivity (Wildman–Crippen MR) is 89.6 cm³/mol. The Bertz CT molecular complexity index is 428. The zero-order valence-electron chi connectivity index (χ0n) is 11.9. The molecule has 1 atom stereocenters. The molecule has 1 fully saturated rings. The van der Waals surface area contributed by atoms with Gasteiger partial charge >= 0.3 is 0 Å². The zero-order chi connectivity index (χ0) is 15.1. The number of benzene rings is 1. The molecule has 0 amide bonds. The van der Waals surface area contributed by atoms with Crippen molar-refractivity contribution in [3.63, 3.8) is 0 Å². The Kier molecular flexibility index (Phi) is 7.46. The van der Waals surface area contributed by atoms with Crippen LogP contribution >= 0.6 is 31.9 Å². The van der Waals surface area contributed by atoms with Crippen LogP contribution in [-0.4, -0.2) is 37.6 Å². The molecule has 1 aliphatic rings. The number of hydrogen-bond donors (Lipinski definition) is 2. The molecule has 4 nitrogen and oxygen atoms in total.